The molecule has 0 radical (unpaired) electrons. The highest BCUT2D eigenvalue weighted by Crippen LogP contribution is 2.23. The van der Waals surface area contributed by atoms with E-state index in [2.05, 4.69) is 0 Å². The Bertz CT molecular complexity index is 674. The topological polar surface area (TPSA) is 61.5 Å². The van der Waals surface area contributed by atoms with Crippen LogP contribution in [0.4, 0.5) is 5.69 Å². The highest BCUT2D eigenvalue weighted by Gasteiger charge is 2.13. The molecule has 0 heterocycles. The lowest BCUT2D eigenvalue weighted by atomic mass is 10.1. The molecule has 0 fully saturated rings. The molecule has 0 amide bonds. The first-order valence-corrected chi connectivity index (χ1v) is 6.81. The Morgan fingerprint density at radius 2 is 1.95 bits per heavy atom. The van der Waals surface area contributed by atoms with E-state index < -0.39 is 5.97 Å². The summed E-state index contributed by atoms with van der Waals surface area (Å²) in [5.74, 6) is -0.0284. The number of nitrogens with two attached hydrogens (primary N) is 1. The van der Waals surface area contributed by atoms with Gasteiger partial charge in [0.25, 0.3) is 0 Å². The van der Waals surface area contributed by atoms with Crippen molar-refractivity contribution in [2.45, 2.75) is 6.61 Å². The summed E-state index contributed by atoms with van der Waals surface area (Å²) in [6, 6.07) is 9.73. The van der Waals surface area contributed by atoms with Crippen molar-refractivity contribution >= 4 is 34.9 Å². The van der Waals surface area contributed by atoms with E-state index in [-0.39, 0.29) is 12.2 Å². The van der Waals surface area contributed by atoms with Gasteiger partial charge in [0.15, 0.2) is 0 Å². The van der Waals surface area contributed by atoms with Crippen LogP contribution in [0, 0.1) is 0 Å². The molecule has 0 saturated heterocycles. The number of rotatable bonds is 4. The van der Waals surface area contributed by atoms with Crippen LogP contribution in [-0.4, -0.2) is 13.1 Å². The molecule has 0 aliphatic rings. The molecule has 110 valence electrons. The number of anilines is 1. The van der Waals surface area contributed by atoms with E-state index in [9.17, 15) is 4.79 Å². The molecule has 0 spiro atoms. The normalized spacial score (nSPS) is 10.2. The Labute approximate surface area is 132 Å². The molecule has 0 bridgehead atoms. The number of carbonyl (C=O) groups excluding carboxylic acids is 1. The highest BCUT2D eigenvalue weighted by molar-refractivity contribution is 6.33. The summed E-state index contributed by atoms with van der Waals surface area (Å²) in [5, 5.41) is 0.997. The Morgan fingerprint density at radius 3 is 2.67 bits per heavy atom. The Balaban J connectivity index is 2.13. The average molecular weight is 326 g/mol. The predicted molar refractivity (Wildman–Crippen MR) is 83.0 cm³/mol. The zero-order valence-corrected chi connectivity index (χ0v) is 12.7. The van der Waals surface area contributed by atoms with E-state index >= 15 is 0 Å². The lowest BCUT2D eigenvalue weighted by Gasteiger charge is -2.10. The number of hydrogen-bond acceptors (Lipinski definition) is 4. The maximum atomic E-state index is 12.1. The number of halogens is 2. The van der Waals surface area contributed by atoms with Crippen LogP contribution in [0.3, 0.4) is 0 Å². The molecule has 6 heteroatoms. The van der Waals surface area contributed by atoms with Crippen molar-refractivity contribution in [1.82, 2.24) is 0 Å². The van der Waals surface area contributed by atoms with Gasteiger partial charge in [0.1, 0.15) is 12.4 Å². The Morgan fingerprint density at radius 1 is 1.19 bits per heavy atom. The smallest absolute Gasteiger partial charge is 0.340 e. The summed E-state index contributed by atoms with van der Waals surface area (Å²) in [4.78, 5) is 12.1. The quantitative estimate of drug-likeness (QED) is 0.683. The highest BCUT2D eigenvalue weighted by atomic mass is 35.5. The van der Waals surface area contributed by atoms with Crippen molar-refractivity contribution in [3.8, 4) is 5.75 Å². The molecule has 0 aliphatic heterocycles. The number of hydrogen-bond donors (Lipinski definition) is 1. The molecular formula is C15H13Cl2NO3. The van der Waals surface area contributed by atoms with Crippen LogP contribution in [-0.2, 0) is 11.3 Å². The monoisotopic (exact) mass is 325 g/mol. The van der Waals surface area contributed by atoms with Crippen LogP contribution >= 0.6 is 23.2 Å². The average Bonchev–Trinajstić information content (AvgIpc) is 2.48. The molecule has 0 saturated carbocycles. The van der Waals surface area contributed by atoms with Gasteiger partial charge in [-0.25, -0.2) is 4.79 Å². The molecule has 2 aromatic rings. The van der Waals surface area contributed by atoms with Gasteiger partial charge in [-0.1, -0.05) is 23.2 Å². The number of esters is 1. The second-order valence-corrected chi connectivity index (χ2v) is 5.11. The van der Waals surface area contributed by atoms with Crippen LogP contribution in [0.2, 0.25) is 10.0 Å². The first kappa shape index (κ1) is 15.5. The van der Waals surface area contributed by atoms with Gasteiger partial charge in [-0.3, -0.25) is 0 Å². The number of nitrogen functional groups attached to an aromatic ring is 1. The summed E-state index contributed by atoms with van der Waals surface area (Å²) in [5.41, 5.74) is 6.95. The predicted octanol–water partition coefficient (Wildman–Crippen LogP) is 3.94. The molecule has 21 heavy (non-hydrogen) atoms. The standard InChI is InChI=1S/C15H13Cl2NO3/c1-20-11-3-5-14(18)12(7-11)15(19)21-8-9-6-10(16)2-4-13(9)17/h2-7H,8,18H2,1H3. The Hall–Kier alpha value is -1.91. The fraction of sp³-hybridized carbons (Fsp3) is 0.133. The number of methoxy groups -OCH3 is 1. The maximum Gasteiger partial charge on any atom is 0.340 e. The van der Waals surface area contributed by atoms with Crippen molar-refractivity contribution in [2.75, 3.05) is 12.8 Å². The first-order chi connectivity index (χ1) is 10.0. The van der Waals surface area contributed by atoms with Crippen LogP contribution in [0.15, 0.2) is 36.4 Å². The summed E-state index contributed by atoms with van der Waals surface area (Å²) in [6.07, 6.45) is 0. The second-order valence-electron chi connectivity index (χ2n) is 4.27. The van der Waals surface area contributed by atoms with Gasteiger partial charge in [-0.05, 0) is 36.4 Å². The minimum absolute atomic E-state index is 0.00881. The lowest BCUT2D eigenvalue weighted by Crippen LogP contribution is -2.08. The maximum absolute atomic E-state index is 12.1. The molecule has 2 N–H and O–H groups in total. The van der Waals surface area contributed by atoms with Crippen LogP contribution in [0.5, 0.6) is 5.75 Å². The SMILES string of the molecule is COc1ccc(N)c(C(=O)OCc2cc(Cl)ccc2Cl)c1. The molecule has 0 atom stereocenters. The van der Waals surface area contributed by atoms with Crippen LogP contribution < -0.4 is 10.5 Å². The third-order valence-electron chi connectivity index (χ3n) is 2.85. The fourth-order valence-electron chi connectivity index (χ4n) is 1.71. The van der Waals surface area contributed by atoms with Gasteiger partial charge < -0.3 is 15.2 Å². The summed E-state index contributed by atoms with van der Waals surface area (Å²) in [6.45, 7) is 0.00881. The van der Waals surface area contributed by atoms with Gasteiger partial charge >= 0.3 is 5.97 Å². The van der Waals surface area contributed by atoms with Crippen molar-refractivity contribution in [3.05, 3.63) is 57.6 Å². The number of carbonyl (C=O) groups is 1. The van der Waals surface area contributed by atoms with Crippen molar-refractivity contribution in [3.63, 3.8) is 0 Å². The molecule has 0 aliphatic carbocycles. The number of benzene rings is 2. The summed E-state index contributed by atoms with van der Waals surface area (Å²) in [7, 11) is 1.51. The molecule has 2 rings (SSSR count). The van der Waals surface area contributed by atoms with Crippen molar-refractivity contribution in [2.24, 2.45) is 0 Å². The van der Waals surface area contributed by atoms with Crippen molar-refractivity contribution in [1.29, 1.82) is 0 Å². The van der Waals surface area contributed by atoms with Gasteiger partial charge in [0.05, 0.1) is 12.7 Å². The van der Waals surface area contributed by atoms with Gasteiger partial charge in [-0.15, -0.1) is 0 Å². The van der Waals surface area contributed by atoms with E-state index in [4.69, 9.17) is 38.4 Å². The van der Waals surface area contributed by atoms with Gasteiger partial charge in [-0.2, -0.15) is 0 Å². The largest absolute Gasteiger partial charge is 0.497 e. The minimum atomic E-state index is -0.553. The Kier molecular flexibility index (Phi) is 4.94. The summed E-state index contributed by atoms with van der Waals surface area (Å²) >= 11 is 11.9. The minimum Gasteiger partial charge on any atom is -0.497 e. The van der Waals surface area contributed by atoms with E-state index in [1.165, 1.54) is 13.2 Å². The third-order valence-corrected chi connectivity index (χ3v) is 3.45. The van der Waals surface area contributed by atoms with Crippen molar-refractivity contribution < 1.29 is 14.3 Å². The van der Waals surface area contributed by atoms with Gasteiger partial charge in [0, 0.05) is 21.3 Å². The van der Waals surface area contributed by atoms with Crippen LogP contribution in [0.25, 0.3) is 0 Å². The third kappa shape index (κ3) is 3.80. The molecule has 0 aromatic heterocycles. The zero-order valence-electron chi connectivity index (χ0n) is 11.2. The fourth-order valence-corrected chi connectivity index (χ4v) is 2.08. The first-order valence-electron chi connectivity index (χ1n) is 6.06. The zero-order chi connectivity index (χ0) is 15.4. The van der Waals surface area contributed by atoms with Gasteiger partial charge in [0.2, 0.25) is 0 Å². The molecule has 2 aromatic carbocycles. The molecule has 0 unspecified atom stereocenters. The molecule has 4 nitrogen and oxygen atoms in total. The second kappa shape index (κ2) is 6.70. The van der Waals surface area contributed by atoms with E-state index in [0.29, 0.717) is 27.0 Å². The lowest BCUT2D eigenvalue weighted by molar-refractivity contribution is 0.0474. The van der Waals surface area contributed by atoms with E-state index in [0.717, 1.165) is 0 Å². The van der Waals surface area contributed by atoms with Crippen LogP contribution in [0.1, 0.15) is 15.9 Å². The molecular weight excluding hydrogens is 313 g/mol. The van der Waals surface area contributed by atoms with E-state index in [1.807, 2.05) is 0 Å². The van der Waals surface area contributed by atoms with E-state index in [1.54, 1.807) is 30.3 Å². The summed E-state index contributed by atoms with van der Waals surface area (Å²) < 4.78 is 10.3. The number of ether oxygens (including phenoxy) is 2.